The van der Waals surface area contributed by atoms with Gasteiger partial charge in [-0.05, 0) is 30.3 Å². The Kier molecular flexibility index (Phi) is 4.64. The monoisotopic (exact) mass is 365 g/mol. The van der Waals surface area contributed by atoms with Crippen LogP contribution in [0.15, 0.2) is 47.0 Å². The number of non-ortho nitro benzene ring substituents is 1. The van der Waals surface area contributed by atoms with Crippen molar-refractivity contribution in [3.8, 4) is 17.1 Å². The minimum Gasteiger partial charge on any atom is -0.482 e. The van der Waals surface area contributed by atoms with Gasteiger partial charge < -0.3 is 9.26 Å². The summed E-state index contributed by atoms with van der Waals surface area (Å²) < 4.78 is 10.6. The smallest absolute Gasteiger partial charge is 0.271 e. The van der Waals surface area contributed by atoms with Crippen LogP contribution in [0.4, 0.5) is 5.69 Å². The highest BCUT2D eigenvalue weighted by Crippen LogP contribution is 2.29. The minimum absolute atomic E-state index is 0.0158. The molecule has 0 radical (unpaired) electrons. The number of nitro benzene ring substituents is 1. The summed E-state index contributed by atoms with van der Waals surface area (Å²) in [6, 6.07) is 10.9. The fourth-order valence-corrected chi connectivity index (χ4v) is 2.24. The number of nitrogens with zero attached hydrogens (tertiary/aromatic N) is 3. The Balaban J connectivity index is 1.69. The summed E-state index contributed by atoms with van der Waals surface area (Å²) in [7, 11) is 0. The predicted molar refractivity (Wildman–Crippen MR) is 87.2 cm³/mol. The van der Waals surface area contributed by atoms with Crippen molar-refractivity contribution in [3.05, 3.63) is 68.5 Å². The molecule has 0 atom stereocenters. The molecular formula is C15H9Cl2N3O4. The normalized spacial score (nSPS) is 10.6. The molecule has 9 heteroatoms. The standard InChI is InChI=1S/C15H9Cl2N3O4/c16-10-3-1-9(2-4-10)15-18-14(24-19-15)8-23-13-6-5-11(20(21)22)7-12(13)17/h1-7H,8H2. The van der Waals surface area contributed by atoms with Crippen molar-refractivity contribution >= 4 is 28.9 Å². The van der Waals surface area contributed by atoms with E-state index in [1.807, 2.05) is 0 Å². The molecule has 2 aromatic carbocycles. The first-order chi connectivity index (χ1) is 11.5. The molecule has 122 valence electrons. The number of aromatic nitrogens is 2. The third-order valence-corrected chi connectivity index (χ3v) is 3.60. The zero-order chi connectivity index (χ0) is 17.1. The predicted octanol–water partition coefficient (Wildman–Crippen LogP) is 4.53. The highest BCUT2D eigenvalue weighted by Gasteiger charge is 2.13. The Morgan fingerprint density at radius 2 is 1.92 bits per heavy atom. The molecule has 1 heterocycles. The van der Waals surface area contributed by atoms with Crippen LogP contribution in [0.25, 0.3) is 11.4 Å². The van der Waals surface area contributed by atoms with E-state index in [2.05, 4.69) is 10.1 Å². The molecule has 0 N–H and O–H groups in total. The largest absolute Gasteiger partial charge is 0.482 e. The summed E-state index contributed by atoms with van der Waals surface area (Å²) in [4.78, 5) is 14.3. The van der Waals surface area contributed by atoms with Crippen molar-refractivity contribution in [2.45, 2.75) is 6.61 Å². The third-order valence-electron chi connectivity index (χ3n) is 3.05. The van der Waals surface area contributed by atoms with Crippen LogP contribution in [-0.4, -0.2) is 15.1 Å². The summed E-state index contributed by atoms with van der Waals surface area (Å²) >= 11 is 11.8. The molecule has 0 saturated carbocycles. The van der Waals surface area contributed by atoms with Crippen LogP contribution < -0.4 is 4.74 Å². The van der Waals surface area contributed by atoms with Crippen LogP contribution >= 0.6 is 23.2 Å². The number of hydrogen-bond donors (Lipinski definition) is 0. The van der Waals surface area contributed by atoms with Crippen molar-refractivity contribution in [2.75, 3.05) is 0 Å². The Labute approximate surface area is 145 Å². The third kappa shape index (κ3) is 3.64. The van der Waals surface area contributed by atoms with Crippen molar-refractivity contribution in [3.63, 3.8) is 0 Å². The molecule has 0 saturated heterocycles. The average Bonchev–Trinajstić information content (AvgIpc) is 3.03. The van der Waals surface area contributed by atoms with Gasteiger partial charge in [-0.25, -0.2) is 0 Å². The molecule has 7 nitrogen and oxygen atoms in total. The topological polar surface area (TPSA) is 91.3 Å². The maximum Gasteiger partial charge on any atom is 0.271 e. The van der Waals surface area contributed by atoms with E-state index in [4.69, 9.17) is 32.5 Å². The number of rotatable bonds is 5. The fourth-order valence-electron chi connectivity index (χ4n) is 1.89. The van der Waals surface area contributed by atoms with E-state index in [0.29, 0.717) is 10.8 Å². The molecule has 0 bridgehead atoms. The highest BCUT2D eigenvalue weighted by atomic mass is 35.5. The van der Waals surface area contributed by atoms with Crippen molar-refractivity contribution in [2.24, 2.45) is 0 Å². The van der Waals surface area contributed by atoms with Crippen LogP contribution in [0.1, 0.15) is 5.89 Å². The van der Waals surface area contributed by atoms with Crippen LogP contribution in [0.2, 0.25) is 10.0 Å². The maximum atomic E-state index is 10.7. The van der Waals surface area contributed by atoms with E-state index in [1.54, 1.807) is 24.3 Å². The van der Waals surface area contributed by atoms with Gasteiger partial charge in [-0.1, -0.05) is 28.4 Å². The Bertz CT molecular complexity index is 881. The first-order valence-electron chi connectivity index (χ1n) is 6.68. The first kappa shape index (κ1) is 16.2. The van der Waals surface area contributed by atoms with E-state index in [-0.39, 0.29) is 29.0 Å². The molecule has 0 aliphatic heterocycles. The van der Waals surface area contributed by atoms with Crippen molar-refractivity contribution in [1.82, 2.24) is 10.1 Å². The van der Waals surface area contributed by atoms with Crippen LogP contribution in [-0.2, 0) is 6.61 Å². The number of benzene rings is 2. The molecule has 0 aliphatic rings. The quantitative estimate of drug-likeness (QED) is 0.487. The van der Waals surface area contributed by atoms with Gasteiger partial charge in [0.2, 0.25) is 5.82 Å². The lowest BCUT2D eigenvalue weighted by Crippen LogP contribution is -1.97. The lowest BCUT2D eigenvalue weighted by atomic mass is 10.2. The zero-order valence-electron chi connectivity index (χ0n) is 12.0. The molecule has 3 aromatic rings. The van der Waals surface area contributed by atoms with Gasteiger partial charge in [0.25, 0.3) is 11.6 Å². The molecule has 0 aliphatic carbocycles. The van der Waals surface area contributed by atoms with Gasteiger partial charge in [0.15, 0.2) is 6.61 Å². The molecule has 0 amide bonds. The van der Waals surface area contributed by atoms with Crippen LogP contribution in [0.5, 0.6) is 5.75 Å². The van der Waals surface area contributed by atoms with Crippen LogP contribution in [0, 0.1) is 10.1 Å². The van der Waals surface area contributed by atoms with E-state index >= 15 is 0 Å². The second kappa shape index (κ2) is 6.86. The van der Waals surface area contributed by atoms with Crippen molar-refractivity contribution in [1.29, 1.82) is 0 Å². The average molecular weight is 366 g/mol. The van der Waals surface area contributed by atoms with Gasteiger partial charge in [-0.15, -0.1) is 0 Å². The van der Waals surface area contributed by atoms with Crippen LogP contribution in [0.3, 0.4) is 0 Å². The first-order valence-corrected chi connectivity index (χ1v) is 7.44. The maximum absolute atomic E-state index is 10.7. The Morgan fingerprint density at radius 1 is 1.17 bits per heavy atom. The minimum atomic E-state index is -0.536. The van der Waals surface area contributed by atoms with Gasteiger partial charge in [0.05, 0.1) is 9.95 Å². The van der Waals surface area contributed by atoms with Gasteiger partial charge in [0, 0.05) is 22.7 Å². The van der Waals surface area contributed by atoms with Gasteiger partial charge in [0.1, 0.15) is 5.75 Å². The molecule has 3 rings (SSSR count). The van der Waals surface area contributed by atoms with Gasteiger partial charge in [-0.2, -0.15) is 4.98 Å². The van der Waals surface area contributed by atoms with Crippen molar-refractivity contribution < 1.29 is 14.2 Å². The second-order valence-electron chi connectivity index (χ2n) is 4.68. The summed E-state index contributed by atoms with van der Waals surface area (Å²) in [5.41, 5.74) is 0.637. The van der Waals surface area contributed by atoms with E-state index < -0.39 is 4.92 Å². The summed E-state index contributed by atoms with van der Waals surface area (Å²) in [6.07, 6.45) is 0. The fraction of sp³-hybridized carbons (Fsp3) is 0.0667. The molecule has 24 heavy (non-hydrogen) atoms. The molecular weight excluding hydrogens is 357 g/mol. The van der Waals surface area contributed by atoms with Gasteiger partial charge >= 0.3 is 0 Å². The van der Waals surface area contributed by atoms with Gasteiger partial charge in [-0.3, -0.25) is 10.1 Å². The SMILES string of the molecule is O=[N+]([O-])c1ccc(OCc2nc(-c3ccc(Cl)cc3)no2)c(Cl)c1. The number of halogens is 2. The molecule has 0 spiro atoms. The zero-order valence-corrected chi connectivity index (χ0v) is 13.5. The lowest BCUT2D eigenvalue weighted by Gasteiger charge is -2.04. The Morgan fingerprint density at radius 3 is 2.58 bits per heavy atom. The van der Waals surface area contributed by atoms with E-state index in [0.717, 1.165) is 5.56 Å². The second-order valence-corrected chi connectivity index (χ2v) is 5.52. The summed E-state index contributed by atoms with van der Waals surface area (Å²) in [6.45, 7) is -0.0158. The number of hydrogen-bond acceptors (Lipinski definition) is 6. The highest BCUT2D eigenvalue weighted by molar-refractivity contribution is 6.32. The summed E-state index contributed by atoms with van der Waals surface area (Å²) in [5.74, 6) is 0.933. The lowest BCUT2D eigenvalue weighted by molar-refractivity contribution is -0.384. The Hall–Kier alpha value is -2.64. The molecule has 0 fully saturated rings. The van der Waals surface area contributed by atoms with E-state index in [1.165, 1.54) is 18.2 Å². The number of ether oxygens (including phenoxy) is 1. The molecule has 1 aromatic heterocycles. The van der Waals surface area contributed by atoms with E-state index in [9.17, 15) is 10.1 Å². The molecule has 0 unspecified atom stereocenters. The summed E-state index contributed by atoms with van der Waals surface area (Å²) in [5, 5.41) is 15.3. The number of nitro groups is 1.